The molecule has 6 heteroatoms. The van der Waals surface area contributed by atoms with Crippen LogP contribution in [-0.4, -0.2) is 50.1 Å². The molecule has 3 aromatic carbocycles. The van der Waals surface area contributed by atoms with Crippen LogP contribution >= 0.6 is 0 Å². The van der Waals surface area contributed by atoms with E-state index in [0.29, 0.717) is 30.8 Å². The topological polar surface area (TPSA) is 67.9 Å². The molecule has 2 aliphatic rings. The number of carbonyl (C=O) groups is 2. The molecule has 1 aliphatic heterocycles. The smallest absolute Gasteiger partial charge is 0.255 e. The first-order valence-corrected chi connectivity index (χ1v) is 12.9. The Labute approximate surface area is 218 Å². The van der Waals surface area contributed by atoms with Crippen molar-refractivity contribution in [3.05, 3.63) is 101 Å². The normalized spacial score (nSPS) is 19.9. The summed E-state index contributed by atoms with van der Waals surface area (Å²) in [7, 11) is 3.29. The zero-order valence-corrected chi connectivity index (χ0v) is 21.5. The molecule has 1 N–H and O–H groups in total. The number of piperidine rings is 1. The number of para-hydroxylation sites is 1. The molecule has 3 aromatic rings. The number of likely N-dealkylation sites (tertiary alicyclic amines) is 1. The van der Waals surface area contributed by atoms with Gasteiger partial charge in [0.2, 0.25) is 5.91 Å². The number of nitrogens with zero attached hydrogens (tertiary/aromatic N) is 1. The Morgan fingerprint density at radius 3 is 2.32 bits per heavy atom. The van der Waals surface area contributed by atoms with Gasteiger partial charge in [-0.2, -0.15) is 0 Å². The summed E-state index contributed by atoms with van der Waals surface area (Å²) in [5, 5.41) is 3.25. The number of hydrogen-bond acceptors (Lipinski definition) is 4. The largest absolute Gasteiger partial charge is 0.496 e. The standard InChI is InChI=1S/C31H34N2O4/c1-36-26-15-9-7-13-24(26)30(35)32-28-23-12-6-8-14-25(23)31(29(28)37-2)18-20-33(21-19-31)27(34)17-16-22-10-4-3-5-11-22/h3-15,28-29H,16-21H2,1-2H3,(H,32,35)/t28-,29+/m1/s1. The third kappa shape index (κ3) is 4.74. The van der Waals surface area contributed by atoms with E-state index in [1.165, 1.54) is 11.1 Å². The van der Waals surface area contributed by atoms with Crippen LogP contribution in [-0.2, 0) is 21.4 Å². The number of nitrogens with one attached hydrogen (secondary N) is 1. The first kappa shape index (κ1) is 25.0. The molecule has 2 atom stereocenters. The third-order valence-electron chi connectivity index (χ3n) is 8.05. The molecule has 0 bridgehead atoms. The number of hydrogen-bond donors (Lipinski definition) is 1. The van der Waals surface area contributed by atoms with E-state index in [4.69, 9.17) is 9.47 Å². The van der Waals surface area contributed by atoms with E-state index < -0.39 is 0 Å². The molecule has 0 aromatic heterocycles. The van der Waals surface area contributed by atoms with E-state index in [0.717, 1.165) is 24.8 Å². The molecule has 2 amide bonds. The second-order valence-electron chi connectivity index (χ2n) is 9.92. The van der Waals surface area contributed by atoms with Crippen molar-refractivity contribution in [1.29, 1.82) is 0 Å². The molecule has 5 rings (SSSR count). The Kier molecular flexibility index (Phi) is 7.28. The summed E-state index contributed by atoms with van der Waals surface area (Å²) in [6, 6.07) is 25.4. The van der Waals surface area contributed by atoms with Gasteiger partial charge in [-0.1, -0.05) is 66.7 Å². The fourth-order valence-electron chi connectivity index (χ4n) is 6.19. The fraction of sp³-hybridized carbons (Fsp3) is 0.355. The molecule has 1 aliphatic carbocycles. The van der Waals surface area contributed by atoms with Gasteiger partial charge in [-0.05, 0) is 48.1 Å². The number of aryl methyl sites for hydroxylation is 1. The Hall–Kier alpha value is -3.64. The lowest BCUT2D eigenvalue weighted by Crippen LogP contribution is -2.51. The van der Waals surface area contributed by atoms with Gasteiger partial charge in [0, 0.05) is 32.0 Å². The van der Waals surface area contributed by atoms with E-state index in [-0.39, 0.29) is 29.4 Å². The second kappa shape index (κ2) is 10.8. The van der Waals surface area contributed by atoms with Gasteiger partial charge in [-0.15, -0.1) is 0 Å². The summed E-state index contributed by atoms with van der Waals surface area (Å²) >= 11 is 0. The SMILES string of the molecule is COc1ccccc1C(=O)N[C@@H]1c2ccccc2C2(CCN(C(=O)CCc3ccccc3)CC2)[C@H]1OC. The maximum Gasteiger partial charge on any atom is 0.255 e. The second-order valence-corrected chi connectivity index (χ2v) is 9.92. The molecule has 1 saturated heterocycles. The van der Waals surface area contributed by atoms with E-state index in [9.17, 15) is 9.59 Å². The number of amides is 2. The molecular formula is C31H34N2O4. The highest BCUT2D eigenvalue weighted by Crippen LogP contribution is 2.52. The monoisotopic (exact) mass is 498 g/mol. The molecule has 0 saturated carbocycles. The van der Waals surface area contributed by atoms with Gasteiger partial charge in [0.15, 0.2) is 0 Å². The zero-order valence-electron chi connectivity index (χ0n) is 21.5. The van der Waals surface area contributed by atoms with Crippen LogP contribution in [0, 0.1) is 0 Å². The molecule has 1 heterocycles. The van der Waals surface area contributed by atoms with Crippen LogP contribution < -0.4 is 10.1 Å². The fourth-order valence-corrected chi connectivity index (χ4v) is 6.19. The molecule has 6 nitrogen and oxygen atoms in total. The van der Waals surface area contributed by atoms with E-state index in [1.54, 1.807) is 26.4 Å². The van der Waals surface area contributed by atoms with Gasteiger partial charge in [0.1, 0.15) is 5.75 Å². The Morgan fingerprint density at radius 2 is 1.59 bits per heavy atom. The maximum atomic E-state index is 13.4. The van der Waals surface area contributed by atoms with E-state index >= 15 is 0 Å². The number of rotatable bonds is 7. The Bertz CT molecular complexity index is 1250. The van der Waals surface area contributed by atoms with Crippen LogP contribution in [0.4, 0.5) is 0 Å². The summed E-state index contributed by atoms with van der Waals surface area (Å²) in [4.78, 5) is 28.4. The van der Waals surface area contributed by atoms with Crippen LogP contribution in [0.15, 0.2) is 78.9 Å². The average Bonchev–Trinajstić information content (AvgIpc) is 3.20. The van der Waals surface area contributed by atoms with Crippen molar-refractivity contribution in [2.24, 2.45) is 0 Å². The zero-order chi connectivity index (χ0) is 25.8. The van der Waals surface area contributed by atoms with Crippen LogP contribution in [0.1, 0.15) is 52.4 Å². The van der Waals surface area contributed by atoms with Crippen LogP contribution in [0.2, 0.25) is 0 Å². The van der Waals surface area contributed by atoms with Gasteiger partial charge in [-0.25, -0.2) is 0 Å². The lowest BCUT2D eigenvalue weighted by atomic mass is 9.71. The van der Waals surface area contributed by atoms with Crippen molar-refractivity contribution in [2.45, 2.75) is 43.2 Å². The van der Waals surface area contributed by atoms with Gasteiger partial charge >= 0.3 is 0 Å². The molecular weight excluding hydrogens is 464 g/mol. The Balaban J connectivity index is 1.33. The number of ether oxygens (including phenoxy) is 2. The van der Waals surface area contributed by atoms with E-state index in [1.807, 2.05) is 41.3 Å². The highest BCUT2D eigenvalue weighted by Gasteiger charge is 2.54. The minimum atomic E-state index is -0.293. The Morgan fingerprint density at radius 1 is 0.919 bits per heavy atom. The van der Waals surface area contributed by atoms with Crippen molar-refractivity contribution < 1.29 is 19.1 Å². The van der Waals surface area contributed by atoms with Crippen LogP contribution in [0.25, 0.3) is 0 Å². The van der Waals surface area contributed by atoms with Gasteiger partial charge in [-0.3, -0.25) is 9.59 Å². The molecule has 0 radical (unpaired) electrons. The molecule has 1 spiro atoms. The van der Waals surface area contributed by atoms with Crippen molar-refractivity contribution in [1.82, 2.24) is 10.2 Å². The number of benzene rings is 3. The molecule has 37 heavy (non-hydrogen) atoms. The highest BCUT2D eigenvalue weighted by atomic mass is 16.5. The van der Waals surface area contributed by atoms with E-state index in [2.05, 4.69) is 35.6 Å². The van der Waals surface area contributed by atoms with Gasteiger partial charge in [0.05, 0.1) is 24.8 Å². The van der Waals surface area contributed by atoms with Crippen molar-refractivity contribution >= 4 is 11.8 Å². The quantitative estimate of drug-likeness (QED) is 0.513. The summed E-state index contributed by atoms with van der Waals surface area (Å²) in [6.45, 7) is 1.35. The van der Waals surface area contributed by atoms with Crippen molar-refractivity contribution in [2.75, 3.05) is 27.3 Å². The number of fused-ring (bicyclic) bond motifs is 2. The lowest BCUT2D eigenvalue weighted by Gasteiger charge is -2.44. The molecule has 0 unspecified atom stereocenters. The average molecular weight is 499 g/mol. The van der Waals surface area contributed by atoms with Crippen molar-refractivity contribution in [3.8, 4) is 5.75 Å². The minimum Gasteiger partial charge on any atom is -0.496 e. The predicted molar refractivity (Wildman–Crippen MR) is 143 cm³/mol. The van der Waals surface area contributed by atoms with Gasteiger partial charge in [0.25, 0.3) is 5.91 Å². The van der Waals surface area contributed by atoms with Crippen LogP contribution in [0.3, 0.4) is 0 Å². The molecule has 192 valence electrons. The third-order valence-corrected chi connectivity index (χ3v) is 8.05. The first-order chi connectivity index (χ1) is 18.1. The predicted octanol–water partition coefficient (Wildman–Crippen LogP) is 4.69. The summed E-state index contributed by atoms with van der Waals surface area (Å²) in [6.07, 6.45) is 2.62. The summed E-state index contributed by atoms with van der Waals surface area (Å²) < 4.78 is 11.6. The van der Waals surface area contributed by atoms with Crippen LogP contribution in [0.5, 0.6) is 5.75 Å². The van der Waals surface area contributed by atoms with Crippen molar-refractivity contribution in [3.63, 3.8) is 0 Å². The lowest BCUT2D eigenvalue weighted by molar-refractivity contribution is -0.133. The highest BCUT2D eigenvalue weighted by molar-refractivity contribution is 5.97. The maximum absolute atomic E-state index is 13.4. The van der Waals surface area contributed by atoms with Gasteiger partial charge < -0.3 is 19.7 Å². The first-order valence-electron chi connectivity index (χ1n) is 12.9. The minimum absolute atomic E-state index is 0.190. The summed E-state index contributed by atoms with van der Waals surface area (Å²) in [5.74, 6) is 0.544. The number of methoxy groups -OCH3 is 2. The molecule has 1 fully saturated rings. The summed E-state index contributed by atoms with van der Waals surface area (Å²) in [5.41, 5.74) is 3.71. The number of carbonyl (C=O) groups excluding carboxylic acids is 2.